The first-order chi connectivity index (χ1) is 12.4. The SMILES string of the molecule is CCS(=O)(=O)c1ccc(C(=O)N2CCCc3c(Cl)ccc(OC)c32)cc1. The third-order valence-corrected chi connectivity index (χ3v) is 6.68. The van der Waals surface area contributed by atoms with E-state index in [0.717, 1.165) is 18.4 Å². The maximum absolute atomic E-state index is 13.1. The van der Waals surface area contributed by atoms with Crippen molar-refractivity contribution < 1.29 is 17.9 Å². The number of fused-ring (bicyclic) bond motifs is 1. The van der Waals surface area contributed by atoms with E-state index in [1.807, 2.05) is 0 Å². The highest BCUT2D eigenvalue weighted by atomic mass is 35.5. The van der Waals surface area contributed by atoms with Crippen LogP contribution in [0.15, 0.2) is 41.3 Å². The summed E-state index contributed by atoms with van der Waals surface area (Å²) in [6.07, 6.45) is 1.58. The van der Waals surface area contributed by atoms with Crippen LogP contribution in [0.2, 0.25) is 5.02 Å². The maximum atomic E-state index is 13.1. The van der Waals surface area contributed by atoms with Gasteiger partial charge in [-0.05, 0) is 54.8 Å². The minimum Gasteiger partial charge on any atom is -0.495 e. The van der Waals surface area contributed by atoms with Crippen LogP contribution in [0, 0.1) is 0 Å². The van der Waals surface area contributed by atoms with Gasteiger partial charge in [0.25, 0.3) is 5.91 Å². The number of carbonyl (C=O) groups excluding carboxylic acids is 1. The molecule has 5 nitrogen and oxygen atoms in total. The van der Waals surface area contributed by atoms with E-state index >= 15 is 0 Å². The number of ether oxygens (including phenoxy) is 1. The van der Waals surface area contributed by atoms with Crippen LogP contribution in [0.25, 0.3) is 0 Å². The quantitative estimate of drug-likeness (QED) is 0.793. The van der Waals surface area contributed by atoms with Crippen LogP contribution in [0.3, 0.4) is 0 Å². The zero-order chi connectivity index (χ0) is 18.9. The number of benzene rings is 2. The summed E-state index contributed by atoms with van der Waals surface area (Å²) in [5.41, 5.74) is 2.02. The predicted molar refractivity (Wildman–Crippen MR) is 102 cm³/mol. The number of sulfone groups is 1. The Bertz CT molecular complexity index is 939. The molecule has 0 N–H and O–H groups in total. The Balaban J connectivity index is 1.99. The molecule has 0 unspecified atom stereocenters. The van der Waals surface area contributed by atoms with Gasteiger partial charge < -0.3 is 9.64 Å². The van der Waals surface area contributed by atoms with Crippen molar-refractivity contribution in [2.24, 2.45) is 0 Å². The van der Waals surface area contributed by atoms with Crippen molar-refractivity contribution in [3.8, 4) is 5.75 Å². The molecular formula is C19H20ClNO4S. The highest BCUT2D eigenvalue weighted by Crippen LogP contribution is 2.40. The van der Waals surface area contributed by atoms with Gasteiger partial charge in [-0.1, -0.05) is 18.5 Å². The molecule has 1 aliphatic rings. The second-order valence-corrected chi connectivity index (χ2v) is 8.75. The summed E-state index contributed by atoms with van der Waals surface area (Å²) >= 11 is 6.31. The van der Waals surface area contributed by atoms with Crippen molar-refractivity contribution in [2.75, 3.05) is 24.3 Å². The van der Waals surface area contributed by atoms with Gasteiger partial charge in [0.05, 0.1) is 23.4 Å². The largest absolute Gasteiger partial charge is 0.495 e. The predicted octanol–water partition coefficient (Wildman–Crippen LogP) is 3.74. The second-order valence-electron chi connectivity index (χ2n) is 6.06. The smallest absolute Gasteiger partial charge is 0.258 e. The molecule has 0 aliphatic carbocycles. The van der Waals surface area contributed by atoms with E-state index in [2.05, 4.69) is 0 Å². The number of anilines is 1. The summed E-state index contributed by atoms with van der Waals surface area (Å²) in [7, 11) is -1.73. The fourth-order valence-corrected chi connectivity index (χ4v) is 4.28. The molecule has 2 aromatic rings. The summed E-state index contributed by atoms with van der Waals surface area (Å²) in [5, 5.41) is 0.614. The van der Waals surface area contributed by atoms with Gasteiger partial charge in [-0.25, -0.2) is 8.42 Å². The summed E-state index contributed by atoms with van der Waals surface area (Å²) in [6.45, 7) is 2.15. The zero-order valence-electron chi connectivity index (χ0n) is 14.7. The molecule has 0 saturated heterocycles. The topological polar surface area (TPSA) is 63.7 Å². The van der Waals surface area contributed by atoms with Gasteiger partial charge in [0.15, 0.2) is 9.84 Å². The molecule has 26 heavy (non-hydrogen) atoms. The van der Waals surface area contributed by atoms with Crippen molar-refractivity contribution in [3.63, 3.8) is 0 Å². The number of amides is 1. The summed E-state index contributed by atoms with van der Waals surface area (Å²) in [6, 6.07) is 9.59. The second kappa shape index (κ2) is 7.29. The first-order valence-electron chi connectivity index (χ1n) is 8.39. The lowest BCUT2D eigenvalue weighted by Crippen LogP contribution is -2.36. The molecule has 0 fully saturated rings. The van der Waals surface area contributed by atoms with Gasteiger partial charge in [-0.15, -0.1) is 0 Å². The van der Waals surface area contributed by atoms with E-state index in [0.29, 0.717) is 28.6 Å². The number of carbonyl (C=O) groups is 1. The first-order valence-corrected chi connectivity index (χ1v) is 10.4. The van der Waals surface area contributed by atoms with E-state index in [1.165, 1.54) is 12.1 Å². The minimum atomic E-state index is -3.29. The molecule has 0 radical (unpaired) electrons. The van der Waals surface area contributed by atoms with Crippen molar-refractivity contribution in [1.29, 1.82) is 0 Å². The highest BCUT2D eigenvalue weighted by Gasteiger charge is 2.28. The fourth-order valence-electron chi connectivity index (χ4n) is 3.14. The third kappa shape index (κ3) is 3.31. The average molecular weight is 394 g/mol. The Morgan fingerprint density at radius 3 is 2.50 bits per heavy atom. The van der Waals surface area contributed by atoms with E-state index in [4.69, 9.17) is 16.3 Å². The highest BCUT2D eigenvalue weighted by molar-refractivity contribution is 7.91. The molecule has 1 amide bonds. The summed E-state index contributed by atoms with van der Waals surface area (Å²) in [5.74, 6) is 0.421. The Hall–Kier alpha value is -2.05. The van der Waals surface area contributed by atoms with Crippen LogP contribution < -0.4 is 9.64 Å². The number of methoxy groups -OCH3 is 1. The summed E-state index contributed by atoms with van der Waals surface area (Å²) < 4.78 is 29.3. The molecule has 138 valence electrons. The van der Waals surface area contributed by atoms with Crippen molar-refractivity contribution in [2.45, 2.75) is 24.7 Å². The molecule has 1 aliphatic heterocycles. The standard InChI is InChI=1S/C19H20ClNO4S/c1-3-26(23,24)14-8-6-13(7-9-14)19(22)21-12-4-5-15-16(20)10-11-17(25-2)18(15)21/h6-11H,3-5,12H2,1-2H3. The lowest BCUT2D eigenvalue weighted by Gasteiger charge is -2.31. The van der Waals surface area contributed by atoms with Gasteiger partial charge in [-0.3, -0.25) is 4.79 Å². The first kappa shape index (κ1) is 18.7. The molecule has 7 heteroatoms. The normalized spacial score (nSPS) is 14.0. The van der Waals surface area contributed by atoms with Crippen LogP contribution in [0.4, 0.5) is 5.69 Å². The van der Waals surface area contributed by atoms with E-state index in [1.54, 1.807) is 43.2 Å². The number of hydrogen-bond donors (Lipinski definition) is 0. The van der Waals surface area contributed by atoms with Crippen LogP contribution in [0.5, 0.6) is 5.75 Å². The molecule has 0 saturated carbocycles. The minimum absolute atomic E-state index is 0.0233. The average Bonchev–Trinajstić information content (AvgIpc) is 2.67. The lowest BCUT2D eigenvalue weighted by molar-refractivity contribution is 0.0984. The Kier molecular flexibility index (Phi) is 5.25. The number of rotatable bonds is 4. The van der Waals surface area contributed by atoms with Crippen molar-refractivity contribution in [3.05, 3.63) is 52.5 Å². The molecule has 2 aromatic carbocycles. The molecule has 0 spiro atoms. The van der Waals surface area contributed by atoms with E-state index < -0.39 is 9.84 Å². The molecular weight excluding hydrogens is 374 g/mol. The summed E-state index contributed by atoms with van der Waals surface area (Å²) in [4.78, 5) is 14.9. The monoisotopic (exact) mass is 393 g/mol. The number of hydrogen-bond acceptors (Lipinski definition) is 4. The Morgan fingerprint density at radius 2 is 1.88 bits per heavy atom. The molecule has 3 rings (SSSR count). The van der Waals surface area contributed by atoms with Crippen LogP contribution in [-0.2, 0) is 16.3 Å². The maximum Gasteiger partial charge on any atom is 0.258 e. The number of nitrogens with zero attached hydrogens (tertiary/aromatic N) is 1. The fraction of sp³-hybridized carbons (Fsp3) is 0.316. The zero-order valence-corrected chi connectivity index (χ0v) is 16.2. The van der Waals surface area contributed by atoms with Gasteiger partial charge >= 0.3 is 0 Å². The molecule has 0 atom stereocenters. The van der Waals surface area contributed by atoms with Gasteiger partial charge in [0.1, 0.15) is 5.75 Å². The lowest BCUT2D eigenvalue weighted by atomic mass is 9.99. The Labute approximate surface area is 158 Å². The van der Waals surface area contributed by atoms with E-state index in [-0.39, 0.29) is 16.6 Å². The molecule has 0 bridgehead atoms. The van der Waals surface area contributed by atoms with E-state index in [9.17, 15) is 13.2 Å². The number of halogens is 1. The van der Waals surface area contributed by atoms with Gasteiger partial charge in [-0.2, -0.15) is 0 Å². The van der Waals surface area contributed by atoms with Gasteiger partial charge in [0, 0.05) is 17.1 Å². The molecule has 0 aromatic heterocycles. The van der Waals surface area contributed by atoms with Crippen LogP contribution >= 0.6 is 11.6 Å². The van der Waals surface area contributed by atoms with Gasteiger partial charge in [0.2, 0.25) is 0 Å². The van der Waals surface area contributed by atoms with Crippen molar-refractivity contribution >= 4 is 33.0 Å². The van der Waals surface area contributed by atoms with Crippen LogP contribution in [0.1, 0.15) is 29.3 Å². The van der Waals surface area contributed by atoms with Crippen molar-refractivity contribution in [1.82, 2.24) is 0 Å². The van der Waals surface area contributed by atoms with Crippen LogP contribution in [-0.4, -0.2) is 33.7 Å². The molecule has 1 heterocycles. The Morgan fingerprint density at radius 1 is 1.19 bits per heavy atom. The third-order valence-electron chi connectivity index (χ3n) is 4.57.